The molecule has 2 saturated heterocycles. The highest BCUT2D eigenvalue weighted by atomic mass is 19.1. The molecule has 2 aromatic rings. The summed E-state index contributed by atoms with van der Waals surface area (Å²) in [6, 6.07) is 12.6. The van der Waals surface area contributed by atoms with Gasteiger partial charge in [-0.2, -0.15) is 0 Å². The summed E-state index contributed by atoms with van der Waals surface area (Å²) >= 11 is 0. The van der Waals surface area contributed by atoms with E-state index in [0.29, 0.717) is 13.1 Å². The highest BCUT2D eigenvalue weighted by molar-refractivity contribution is 5.75. The maximum Gasteiger partial charge on any atom is 0.310 e. The van der Waals surface area contributed by atoms with Crippen LogP contribution in [-0.2, 0) is 19.1 Å². The van der Waals surface area contributed by atoms with Gasteiger partial charge in [0.25, 0.3) is 0 Å². The molecule has 2 N–H and O–H groups in total. The van der Waals surface area contributed by atoms with Crippen LogP contribution in [0.5, 0.6) is 0 Å². The van der Waals surface area contributed by atoms with Crippen molar-refractivity contribution in [3.63, 3.8) is 0 Å². The Morgan fingerprint density at radius 3 is 1.34 bits per heavy atom. The van der Waals surface area contributed by atoms with Gasteiger partial charge in [-0.15, -0.1) is 0 Å². The predicted molar refractivity (Wildman–Crippen MR) is 115 cm³/mol. The van der Waals surface area contributed by atoms with Gasteiger partial charge in [0.2, 0.25) is 0 Å². The number of carbonyl (C=O) groups excluding carboxylic acids is 2. The van der Waals surface area contributed by atoms with Gasteiger partial charge >= 0.3 is 11.9 Å². The lowest BCUT2D eigenvalue weighted by Gasteiger charge is -2.16. The maximum absolute atomic E-state index is 12.8. The lowest BCUT2D eigenvalue weighted by atomic mass is 9.89. The Kier molecular flexibility index (Phi) is 8.30. The van der Waals surface area contributed by atoms with Crippen molar-refractivity contribution in [3.05, 3.63) is 71.3 Å². The molecular weight excluding hydrogens is 418 g/mol. The van der Waals surface area contributed by atoms with Crippen molar-refractivity contribution in [2.45, 2.75) is 11.8 Å². The summed E-state index contributed by atoms with van der Waals surface area (Å²) in [6.45, 7) is 2.69. The molecule has 2 aromatic carbocycles. The zero-order valence-electron chi connectivity index (χ0n) is 18.1. The van der Waals surface area contributed by atoms with E-state index in [-0.39, 0.29) is 47.2 Å². The topological polar surface area (TPSA) is 76.7 Å². The van der Waals surface area contributed by atoms with E-state index >= 15 is 0 Å². The van der Waals surface area contributed by atoms with Crippen LogP contribution in [-0.4, -0.2) is 52.3 Å². The van der Waals surface area contributed by atoms with Gasteiger partial charge in [0.05, 0.1) is 26.1 Å². The number of nitrogens with one attached hydrogen (secondary N) is 2. The van der Waals surface area contributed by atoms with Crippen LogP contribution in [0.3, 0.4) is 0 Å². The minimum atomic E-state index is -0.260. The van der Waals surface area contributed by atoms with Gasteiger partial charge in [0, 0.05) is 38.0 Å². The predicted octanol–water partition coefficient (Wildman–Crippen LogP) is 2.60. The molecule has 8 heteroatoms. The Hall–Kier alpha value is -2.84. The number of carbonyl (C=O) groups is 2. The summed E-state index contributed by atoms with van der Waals surface area (Å²) in [5.41, 5.74) is 1.95. The summed E-state index contributed by atoms with van der Waals surface area (Å²) in [5.74, 6) is -1.13. The second-order valence-corrected chi connectivity index (χ2v) is 7.89. The molecule has 2 fully saturated rings. The average Bonchev–Trinajstić information content (AvgIpc) is 3.50. The number of halogens is 2. The van der Waals surface area contributed by atoms with E-state index < -0.39 is 0 Å². The van der Waals surface area contributed by atoms with E-state index in [1.165, 1.54) is 38.5 Å². The number of benzene rings is 2. The molecule has 0 spiro atoms. The van der Waals surface area contributed by atoms with Gasteiger partial charge in [-0.3, -0.25) is 9.59 Å². The van der Waals surface area contributed by atoms with E-state index in [2.05, 4.69) is 10.6 Å². The molecule has 0 bridgehead atoms. The second-order valence-electron chi connectivity index (χ2n) is 7.89. The van der Waals surface area contributed by atoms with Gasteiger partial charge in [0.1, 0.15) is 11.6 Å². The average molecular weight is 446 g/mol. The minimum absolute atomic E-state index is 0.0769. The smallest absolute Gasteiger partial charge is 0.310 e. The first-order valence-corrected chi connectivity index (χ1v) is 10.5. The third-order valence-electron chi connectivity index (χ3n) is 6.03. The van der Waals surface area contributed by atoms with Crippen LogP contribution >= 0.6 is 0 Å². The molecule has 2 heterocycles. The van der Waals surface area contributed by atoms with Crippen LogP contribution in [0.25, 0.3) is 0 Å². The Bertz CT molecular complexity index is 830. The molecule has 6 nitrogen and oxygen atoms in total. The Morgan fingerprint density at radius 2 is 1.03 bits per heavy atom. The molecular formula is C24H28F2N2O4. The van der Waals surface area contributed by atoms with E-state index in [1.807, 2.05) is 0 Å². The largest absolute Gasteiger partial charge is 0.469 e. The molecule has 0 aliphatic carbocycles. The lowest BCUT2D eigenvalue weighted by Crippen LogP contribution is -2.22. The van der Waals surface area contributed by atoms with E-state index in [0.717, 1.165) is 24.2 Å². The monoisotopic (exact) mass is 446 g/mol. The fraction of sp³-hybridized carbons (Fsp3) is 0.417. The minimum Gasteiger partial charge on any atom is -0.469 e. The van der Waals surface area contributed by atoms with Crippen molar-refractivity contribution in [1.82, 2.24) is 10.6 Å². The maximum atomic E-state index is 12.8. The third kappa shape index (κ3) is 5.69. The van der Waals surface area contributed by atoms with E-state index in [1.54, 1.807) is 24.3 Å². The SMILES string of the molecule is COC(=O)[C@@H]1CNC[C@H]1c1ccc(F)cc1.COC(=O)[C@H]1CNC[C@@H]1c1ccc(F)cc1. The van der Waals surface area contributed by atoms with Crippen LogP contribution in [0.15, 0.2) is 48.5 Å². The summed E-state index contributed by atoms with van der Waals surface area (Å²) in [4.78, 5) is 23.1. The van der Waals surface area contributed by atoms with Crippen LogP contribution < -0.4 is 10.6 Å². The molecule has 4 rings (SSSR count). The number of methoxy groups -OCH3 is 2. The quantitative estimate of drug-likeness (QED) is 0.704. The standard InChI is InChI=1S/2C12H14FNO2/c2*1-16-12(15)11-7-14-6-10(11)8-2-4-9(13)5-3-8/h2*2-5,10-11,14H,6-7H2,1H3/t2*10-,11+/m10/s1. The molecule has 2 aliphatic heterocycles. The Labute approximate surface area is 186 Å². The summed E-state index contributed by atoms with van der Waals surface area (Å²) in [7, 11) is 2.78. The molecule has 172 valence electrons. The van der Waals surface area contributed by atoms with Crippen molar-refractivity contribution in [1.29, 1.82) is 0 Å². The molecule has 0 amide bonds. The van der Waals surface area contributed by atoms with Crippen LogP contribution in [0.4, 0.5) is 8.78 Å². The molecule has 32 heavy (non-hydrogen) atoms. The van der Waals surface area contributed by atoms with Gasteiger partial charge < -0.3 is 20.1 Å². The van der Waals surface area contributed by atoms with Crippen molar-refractivity contribution < 1.29 is 27.8 Å². The van der Waals surface area contributed by atoms with E-state index in [9.17, 15) is 18.4 Å². The van der Waals surface area contributed by atoms with Crippen LogP contribution in [0, 0.1) is 23.5 Å². The molecule has 0 aromatic heterocycles. The number of hydrogen-bond acceptors (Lipinski definition) is 6. The van der Waals surface area contributed by atoms with Crippen LogP contribution in [0.1, 0.15) is 23.0 Å². The lowest BCUT2D eigenvalue weighted by molar-refractivity contribution is -0.146. The Balaban J connectivity index is 0.000000181. The number of ether oxygens (including phenoxy) is 2. The Morgan fingerprint density at radius 1 is 0.688 bits per heavy atom. The molecule has 4 atom stereocenters. The van der Waals surface area contributed by atoms with Gasteiger partial charge in [-0.25, -0.2) is 8.78 Å². The second kappa shape index (κ2) is 11.2. The highest BCUT2D eigenvalue weighted by Crippen LogP contribution is 2.30. The summed E-state index contributed by atoms with van der Waals surface area (Å²) < 4.78 is 35.1. The van der Waals surface area contributed by atoms with Crippen molar-refractivity contribution >= 4 is 11.9 Å². The van der Waals surface area contributed by atoms with Gasteiger partial charge in [0.15, 0.2) is 0 Å². The van der Waals surface area contributed by atoms with Crippen molar-refractivity contribution in [2.75, 3.05) is 40.4 Å². The normalized spacial score (nSPS) is 24.4. The van der Waals surface area contributed by atoms with Gasteiger partial charge in [-0.05, 0) is 35.4 Å². The first-order valence-electron chi connectivity index (χ1n) is 10.5. The molecule has 2 aliphatic rings. The van der Waals surface area contributed by atoms with E-state index in [4.69, 9.17) is 9.47 Å². The zero-order valence-corrected chi connectivity index (χ0v) is 18.1. The summed E-state index contributed by atoms with van der Waals surface area (Å²) in [5, 5.41) is 6.31. The molecule has 0 unspecified atom stereocenters. The zero-order chi connectivity index (χ0) is 23.1. The number of hydrogen-bond donors (Lipinski definition) is 2. The fourth-order valence-corrected chi connectivity index (χ4v) is 4.28. The fourth-order valence-electron chi connectivity index (χ4n) is 4.28. The molecule has 0 saturated carbocycles. The van der Waals surface area contributed by atoms with Crippen molar-refractivity contribution in [3.8, 4) is 0 Å². The van der Waals surface area contributed by atoms with Gasteiger partial charge in [-0.1, -0.05) is 24.3 Å². The highest BCUT2D eigenvalue weighted by Gasteiger charge is 2.35. The number of esters is 2. The number of rotatable bonds is 4. The third-order valence-corrected chi connectivity index (χ3v) is 6.03. The van der Waals surface area contributed by atoms with Crippen LogP contribution in [0.2, 0.25) is 0 Å². The summed E-state index contributed by atoms with van der Waals surface area (Å²) in [6.07, 6.45) is 0. The first kappa shape index (κ1) is 23.8. The first-order chi connectivity index (χ1) is 15.4. The van der Waals surface area contributed by atoms with Crippen molar-refractivity contribution in [2.24, 2.45) is 11.8 Å². The molecule has 0 radical (unpaired) electrons.